The van der Waals surface area contributed by atoms with Gasteiger partial charge in [0, 0.05) is 29.5 Å². The highest BCUT2D eigenvalue weighted by atomic mass is 35.5. The van der Waals surface area contributed by atoms with Crippen molar-refractivity contribution in [3.8, 4) is 0 Å². The predicted octanol–water partition coefficient (Wildman–Crippen LogP) is 4.53. The zero-order valence-electron chi connectivity index (χ0n) is 23.1. The lowest BCUT2D eigenvalue weighted by molar-refractivity contribution is -0.237. The van der Waals surface area contributed by atoms with Gasteiger partial charge < -0.3 is 30.3 Å². The second-order valence-corrected chi connectivity index (χ2v) is 11.1. The highest BCUT2D eigenvalue weighted by molar-refractivity contribution is 6.31. The van der Waals surface area contributed by atoms with E-state index in [1.54, 1.807) is 36.4 Å². The third-order valence-electron chi connectivity index (χ3n) is 7.59. The van der Waals surface area contributed by atoms with E-state index in [4.69, 9.17) is 26.2 Å². The standard InChI is InChI=1S/C30H43ClN2O7/c31-24-16-8-7-15-23(24)30-39-20-22(14-5-2-6-17-26(35)36)27(40-30)29(38)33-25(19-34)28(37)32-18-10-9-13-21-11-3-1-4-12-21/h2,5,7-8,15-16,21-22,25,27,30,34H,1,3-4,6,9-14,17-20H2,(H,32,37)(H,33,38)(H,35,36)/b5-2-/t22-,25?,27?,30+/m0/s1. The molecule has 4 atom stereocenters. The number of benzene rings is 1. The van der Waals surface area contributed by atoms with Crippen molar-refractivity contribution in [3.05, 3.63) is 47.0 Å². The van der Waals surface area contributed by atoms with Gasteiger partial charge in [-0.2, -0.15) is 0 Å². The molecule has 1 saturated heterocycles. The summed E-state index contributed by atoms with van der Waals surface area (Å²) in [6.07, 6.45) is 12.1. The predicted molar refractivity (Wildman–Crippen MR) is 152 cm³/mol. The van der Waals surface area contributed by atoms with Crippen molar-refractivity contribution in [2.75, 3.05) is 19.8 Å². The van der Waals surface area contributed by atoms with Crippen LogP contribution in [0.2, 0.25) is 5.02 Å². The van der Waals surface area contributed by atoms with Gasteiger partial charge in [0.2, 0.25) is 11.8 Å². The molecule has 4 N–H and O–H groups in total. The number of unbranched alkanes of at least 4 members (excludes halogenated alkanes) is 1. The molecule has 1 aromatic carbocycles. The van der Waals surface area contributed by atoms with Crippen molar-refractivity contribution < 1.29 is 34.1 Å². The van der Waals surface area contributed by atoms with Crippen molar-refractivity contribution >= 4 is 29.4 Å². The van der Waals surface area contributed by atoms with Crippen LogP contribution in [0.4, 0.5) is 0 Å². The number of carboxylic acids is 1. The minimum atomic E-state index is -1.11. The van der Waals surface area contributed by atoms with Crippen LogP contribution in [0.1, 0.15) is 82.5 Å². The van der Waals surface area contributed by atoms with Crippen molar-refractivity contribution in [3.63, 3.8) is 0 Å². The van der Waals surface area contributed by atoms with Crippen molar-refractivity contribution in [1.29, 1.82) is 0 Å². The van der Waals surface area contributed by atoms with Gasteiger partial charge in [0.1, 0.15) is 12.1 Å². The molecular formula is C30H43ClN2O7. The Hall–Kier alpha value is -2.46. The van der Waals surface area contributed by atoms with Gasteiger partial charge in [0.05, 0.1) is 13.2 Å². The molecule has 3 rings (SSSR count). The molecule has 2 unspecified atom stereocenters. The first-order valence-electron chi connectivity index (χ1n) is 14.5. The van der Waals surface area contributed by atoms with Gasteiger partial charge in [-0.1, -0.05) is 86.9 Å². The number of aliphatic carboxylic acids is 1. The molecule has 0 radical (unpaired) electrons. The normalized spacial score (nSPS) is 22.6. The van der Waals surface area contributed by atoms with Crippen LogP contribution in [-0.2, 0) is 23.9 Å². The van der Waals surface area contributed by atoms with Gasteiger partial charge in [-0.15, -0.1) is 0 Å². The largest absolute Gasteiger partial charge is 0.481 e. The number of halogens is 1. The molecule has 2 amide bonds. The van der Waals surface area contributed by atoms with E-state index >= 15 is 0 Å². The maximum Gasteiger partial charge on any atom is 0.303 e. The molecule has 10 heteroatoms. The number of carbonyl (C=O) groups is 3. The summed E-state index contributed by atoms with van der Waals surface area (Å²) in [4.78, 5) is 36.9. The number of allylic oxidation sites excluding steroid dienone is 2. The third-order valence-corrected chi connectivity index (χ3v) is 7.93. The molecule has 0 bridgehead atoms. The van der Waals surface area contributed by atoms with Gasteiger partial charge in [-0.25, -0.2) is 0 Å². The molecule has 0 spiro atoms. The van der Waals surface area contributed by atoms with Gasteiger partial charge in [-0.3, -0.25) is 14.4 Å². The highest BCUT2D eigenvalue weighted by Crippen LogP contribution is 2.34. The van der Waals surface area contributed by atoms with Crippen molar-refractivity contribution in [2.24, 2.45) is 11.8 Å². The molecule has 9 nitrogen and oxygen atoms in total. The topological polar surface area (TPSA) is 134 Å². The fourth-order valence-corrected chi connectivity index (χ4v) is 5.52. The zero-order chi connectivity index (χ0) is 28.7. The van der Waals surface area contributed by atoms with Gasteiger partial charge in [0.25, 0.3) is 0 Å². The Labute approximate surface area is 241 Å². The molecule has 2 fully saturated rings. The van der Waals surface area contributed by atoms with E-state index < -0.39 is 42.8 Å². The summed E-state index contributed by atoms with van der Waals surface area (Å²) in [6.45, 7) is 0.134. The van der Waals surface area contributed by atoms with Crippen LogP contribution in [0.3, 0.4) is 0 Å². The summed E-state index contributed by atoms with van der Waals surface area (Å²) in [5.74, 6) is -1.44. The fraction of sp³-hybridized carbons (Fsp3) is 0.633. The first-order chi connectivity index (χ1) is 19.4. The number of amides is 2. The first kappa shape index (κ1) is 32.1. The average molecular weight is 579 g/mol. The van der Waals surface area contributed by atoms with E-state index in [0.29, 0.717) is 30.0 Å². The smallest absolute Gasteiger partial charge is 0.303 e. The summed E-state index contributed by atoms with van der Waals surface area (Å²) in [5.41, 5.74) is 0.585. The van der Waals surface area contributed by atoms with Gasteiger partial charge in [0.15, 0.2) is 6.29 Å². The lowest BCUT2D eigenvalue weighted by Gasteiger charge is -2.36. The van der Waals surface area contributed by atoms with Crippen LogP contribution in [0, 0.1) is 11.8 Å². The van der Waals surface area contributed by atoms with E-state index in [9.17, 15) is 19.5 Å². The number of carbonyl (C=O) groups excluding carboxylic acids is 2. The number of hydrogen-bond donors (Lipinski definition) is 4. The number of aliphatic hydroxyl groups excluding tert-OH is 1. The van der Waals surface area contributed by atoms with Gasteiger partial charge in [-0.05, 0) is 31.2 Å². The maximum atomic E-state index is 13.4. The molecule has 1 saturated carbocycles. The lowest BCUT2D eigenvalue weighted by atomic mass is 9.86. The van der Waals surface area contributed by atoms with Crippen molar-refractivity contribution in [2.45, 2.75) is 89.1 Å². The Morgan fingerprint density at radius 2 is 1.88 bits per heavy atom. The summed E-state index contributed by atoms with van der Waals surface area (Å²) in [6, 6.07) is 5.93. The average Bonchev–Trinajstić information content (AvgIpc) is 2.96. The number of rotatable bonds is 15. The molecule has 222 valence electrons. The Kier molecular flexibility index (Phi) is 13.9. The Bertz CT molecular complexity index is 983. The second kappa shape index (κ2) is 17.4. The number of nitrogens with one attached hydrogen (secondary N) is 2. The third kappa shape index (κ3) is 10.5. The fourth-order valence-electron chi connectivity index (χ4n) is 5.29. The first-order valence-corrected chi connectivity index (χ1v) is 14.8. The Morgan fingerprint density at radius 1 is 1.10 bits per heavy atom. The van der Waals surface area contributed by atoms with E-state index in [-0.39, 0.29) is 18.9 Å². The molecular weight excluding hydrogens is 536 g/mol. The molecule has 2 aliphatic rings. The quantitative estimate of drug-likeness (QED) is 0.177. The zero-order valence-corrected chi connectivity index (χ0v) is 23.8. The van der Waals surface area contributed by atoms with Crippen LogP contribution in [0.5, 0.6) is 0 Å². The Morgan fingerprint density at radius 3 is 2.60 bits per heavy atom. The van der Waals surface area contributed by atoms with E-state index in [2.05, 4.69) is 10.6 Å². The van der Waals surface area contributed by atoms with Gasteiger partial charge >= 0.3 is 5.97 Å². The van der Waals surface area contributed by atoms with Crippen LogP contribution < -0.4 is 10.6 Å². The van der Waals surface area contributed by atoms with E-state index in [1.807, 2.05) is 0 Å². The molecule has 0 aromatic heterocycles. The van der Waals surface area contributed by atoms with Crippen molar-refractivity contribution in [1.82, 2.24) is 10.6 Å². The van der Waals surface area contributed by atoms with Crippen LogP contribution in [0.25, 0.3) is 0 Å². The summed E-state index contributed by atoms with van der Waals surface area (Å²) in [5, 5.41) is 24.6. The summed E-state index contributed by atoms with van der Waals surface area (Å²) >= 11 is 6.32. The van der Waals surface area contributed by atoms with Crippen LogP contribution >= 0.6 is 11.6 Å². The maximum absolute atomic E-state index is 13.4. The van der Waals surface area contributed by atoms with E-state index in [1.165, 1.54) is 38.5 Å². The SMILES string of the molecule is O=C(O)CC/C=C\C[C@H]1CO[C@@H](c2ccccc2Cl)OC1C(=O)NC(CO)C(=O)NCCCCC1CCCCC1. The molecule has 1 aromatic rings. The van der Waals surface area contributed by atoms with Crippen LogP contribution in [0.15, 0.2) is 36.4 Å². The minimum absolute atomic E-state index is 0.0144. The molecule has 1 aliphatic heterocycles. The number of ether oxygens (including phenoxy) is 2. The Balaban J connectivity index is 1.55. The van der Waals surface area contributed by atoms with Crippen LogP contribution in [-0.4, -0.2) is 59.9 Å². The summed E-state index contributed by atoms with van der Waals surface area (Å²) < 4.78 is 11.9. The molecule has 1 aliphatic carbocycles. The minimum Gasteiger partial charge on any atom is -0.481 e. The summed E-state index contributed by atoms with van der Waals surface area (Å²) in [7, 11) is 0. The number of carboxylic acid groups (broad SMARTS) is 1. The number of aliphatic hydroxyl groups is 1. The van der Waals surface area contributed by atoms with E-state index in [0.717, 1.165) is 18.8 Å². The second-order valence-electron chi connectivity index (χ2n) is 10.7. The monoisotopic (exact) mass is 578 g/mol. The number of hydrogen-bond acceptors (Lipinski definition) is 6. The highest BCUT2D eigenvalue weighted by Gasteiger charge is 2.38. The lowest BCUT2D eigenvalue weighted by Crippen LogP contribution is -2.55. The molecule has 40 heavy (non-hydrogen) atoms. The molecule has 1 heterocycles.